The molecule has 3 rings (SSSR count). The van der Waals surface area contributed by atoms with Crippen LogP contribution in [-0.2, 0) is 5.41 Å². The molecular weight excluding hydrogens is 335 g/mol. The molecule has 1 saturated carbocycles. The number of benzene rings is 2. The van der Waals surface area contributed by atoms with Crippen molar-refractivity contribution in [3.8, 4) is 5.75 Å². The Labute approximate surface area is 131 Å². The van der Waals surface area contributed by atoms with Crippen LogP contribution in [0.1, 0.15) is 30.1 Å². The van der Waals surface area contributed by atoms with E-state index in [-0.39, 0.29) is 5.41 Å². The van der Waals surface area contributed by atoms with Crippen molar-refractivity contribution in [1.29, 1.82) is 0 Å². The first kappa shape index (κ1) is 14.5. The smallest absolute Gasteiger partial charge is 0.141 e. The van der Waals surface area contributed by atoms with Crippen molar-refractivity contribution >= 4 is 15.9 Å². The highest BCUT2D eigenvalue weighted by molar-refractivity contribution is 9.10. The predicted octanol–water partition coefficient (Wildman–Crippen LogP) is 4.36. The normalized spacial score (nSPS) is 17.3. The summed E-state index contributed by atoms with van der Waals surface area (Å²) in [5, 5.41) is 10.9. The molecule has 1 aliphatic carbocycles. The first-order valence-corrected chi connectivity index (χ1v) is 7.64. The summed E-state index contributed by atoms with van der Waals surface area (Å²) in [6.45, 7) is 0. The van der Waals surface area contributed by atoms with Crippen LogP contribution < -0.4 is 4.74 Å². The van der Waals surface area contributed by atoms with E-state index in [9.17, 15) is 9.50 Å². The second-order valence-electron chi connectivity index (χ2n) is 5.43. The van der Waals surface area contributed by atoms with Crippen LogP contribution in [0.15, 0.2) is 46.9 Å². The van der Waals surface area contributed by atoms with E-state index in [1.807, 2.05) is 30.3 Å². The maximum absolute atomic E-state index is 13.6. The summed E-state index contributed by atoms with van der Waals surface area (Å²) in [7, 11) is 1.49. The van der Waals surface area contributed by atoms with Crippen LogP contribution in [0.5, 0.6) is 5.75 Å². The molecule has 0 amide bonds. The Balaban J connectivity index is 2.03. The van der Waals surface area contributed by atoms with Gasteiger partial charge in [-0.1, -0.05) is 30.3 Å². The molecule has 2 nitrogen and oxygen atoms in total. The zero-order valence-corrected chi connectivity index (χ0v) is 13.2. The fraction of sp³-hybridized carbons (Fsp3) is 0.294. The lowest BCUT2D eigenvalue weighted by atomic mass is 9.85. The maximum Gasteiger partial charge on any atom is 0.141 e. The van der Waals surface area contributed by atoms with Gasteiger partial charge in [-0.15, -0.1) is 0 Å². The van der Waals surface area contributed by atoms with E-state index < -0.39 is 11.9 Å². The minimum absolute atomic E-state index is 0.286. The van der Waals surface area contributed by atoms with Gasteiger partial charge in [-0.2, -0.15) is 0 Å². The lowest BCUT2D eigenvalue weighted by Gasteiger charge is -2.25. The lowest BCUT2D eigenvalue weighted by Crippen LogP contribution is -2.19. The Kier molecular flexibility index (Phi) is 3.76. The molecule has 2 aromatic carbocycles. The van der Waals surface area contributed by atoms with E-state index >= 15 is 0 Å². The van der Waals surface area contributed by atoms with Crippen LogP contribution in [0.25, 0.3) is 0 Å². The van der Waals surface area contributed by atoms with Crippen molar-refractivity contribution in [1.82, 2.24) is 0 Å². The van der Waals surface area contributed by atoms with Gasteiger partial charge in [0, 0.05) is 17.0 Å². The van der Waals surface area contributed by atoms with Crippen molar-refractivity contribution in [3.05, 3.63) is 63.9 Å². The zero-order valence-electron chi connectivity index (χ0n) is 11.6. The number of aliphatic hydroxyl groups excluding tert-OH is 1. The van der Waals surface area contributed by atoms with Gasteiger partial charge >= 0.3 is 0 Å². The second kappa shape index (κ2) is 5.43. The van der Waals surface area contributed by atoms with Crippen LogP contribution >= 0.6 is 15.9 Å². The highest BCUT2D eigenvalue weighted by Crippen LogP contribution is 2.57. The molecule has 1 N–H and O–H groups in total. The van der Waals surface area contributed by atoms with Crippen molar-refractivity contribution < 1.29 is 14.2 Å². The number of halogens is 2. The Hall–Kier alpha value is -1.39. The summed E-state index contributed by atoms with van der Waals surface area (Å²) in [4.78, 5) is 0. The Morgan fingerprint density at radius 1 is 1.24 bits per heavy atom. The molecule has 0 aromatic heterocycles. The minimum atomic E-state index is -0.716. The molecule has 0 radical (unpaired) electrons. The minimum Gasteiger partial charge on any atom is -0.496 e. The van der Waals surface area contributed by atoms with E-state index in [0.717, 1.165) is 18.4 Å². The molecular formula is C17H16BrFO2. The Bertz CT molecular complexity index is 653. The SMILES string of the molecule is COc1cc(F)c(Br)cc1C(O)C1(c2ccccc2)CC1. The summed E-state index contributed by atoms with van der Waals surface area (Å²) in [6, 6.07) is 12.9. The van der Waals surface area contributed by atoms with Gasteiger partial charge in [0.25, 0.3) is 0 Å². The van der Waals surface area contributed by atoms with Gasteiger partial charge in [-0.3, -0.25) is 0 Å². The number of aliphatic hydroxyl groups is 1. The molecule has 0 aliphatic heterocycles. The van der Waals surface area contributed by atoms with Crippen molar-refractivity contribution in [2.75, 3.05) is 7.11 Å². The summed E-state index contributed by atoms with van der Waals surface area (Å²) in [5.41, 5.74) is 1.44. The highest BCUT2D eigenvalue weighted by atomic mass is 79.9. The summed E-state index contributed by atoms with van der Waals surface area (Å²) in [6.07, 6.45) is 1.11. The van der Waals surface area contributed by atoms with Gasteiger partial charge in [0.15, 0.2) is 0 Å². The highest BCUT2D eigenvalue weighted by Gasteiger charge is 2.51. The van der Waals surface area contributed by atoms with E-state index in [4.69, 9.17) is 4.74 Å². The van der Waals surface area contributed by atoms with E-state index in [0.29, 0.717) is 15.8 Å². The van der Waals surface area contributed by atoms with Crippen LogP contribution in [-0.4, -0.2) is 12.2 Å². The third-order valence-corrected chi connectivity index (χ3v) is 4.84. The van der Waals surface area contributed by atoms with Gasteiger partial charge in [-0.05, 0) is 40.4 Å². The molecule has 1 atom stereocenters. The molecule has 21 heavy (non-hydrogen) atoms. The van der Waals surface area contributed by atoms with Gasteiger partial charge in [0.1, 0.15) is 11.6 Å². The van der Waals surface area contributed by atoms with Crippen LogP contribution in [0.3, 0.4) is 0 Å². The Morgan fingerprint density at radius 2 is 1.90 bits per heavy atom. The first-order valence-electron chi connectivity index (χ1n) is 6.85. The zero-order chi connectivity index (χ0) is 15.0. The maximum atomic E-state index is 13.6. The summed E-state index contributed by atoms with van der Waals surface area (Å²) >= 11 is 3.18. The molecule has 0 saturated heterocycles. The topological polar surface area (TPSA) is 29.5 Å². The fourth-order valence-corrected chi connectivity index (χ4v) is 3.22. The molecule has 1 fully saturated rings. The van der Waals surface area contributed by atoms with Crippen molar-refractivity contribution in [2.24, 2.45) is 0 Å². The van der Waals surface area contributed by atoms with Crippen LogP contribution in [0, 0.1) is 5.82 Å². The molecule has 1 aliphatic rings. The van der Waals surface area contributed by atoms with Crippen molar-refractivity contribution in [2.45, 2.75) is 24.4 Å². The number of rotatable bonds is 4. The molecule has 0 bridgehead atoms. The largest absolute Gasteiger partial charge is 0.496 e. The fourth-order valence-electron chi connectivity index (χ4n) is 2.86. The lowest BCUT2D eigenvalue weighted by molar-refractivity contribution is 0.129. The van der Waals surface area contributed by atoms with Gasteiger partial charge in [0.05, 0.1) is 17.7 Å². The average Bonchev–Trinajstić information content (AvgIpc) is 3.31. The van der Waals surface area contributed by atoms with Gasteiger partial charge in [0.2, 0.25) is 0 Å². The number of methoxy groups -OCH3 is 1. The number of hydrogen-bond donors (Lipinski definition) is 1. The third kappa shape index (κ3) is 2.47. The van der Waals surface area contributed by atoms with E-state index in [1.165, 1.54) is 13.2 Å². The molecule has 2 aromatic rings. The van der Waals surface area contributed by atoms with E-state index in [1.54, 1.807) is 6.07 Å². The Morgan fingerprint density at radius 3 is 2.48 bits per heavy atom. The molecule has 0 heterocycles. The van der Waals surface area contributed by atoms with Gasteiger partial charge < -0.3 is 9.84 Å². The summed E-state index contributed by atoms with van der Waals surface area (Å²) in [5.74, 6) is -0.0160. The third-order valence-electron chi connectivity index (χ3n) is 4.23. The predicted molar refractivity (Wildman–Crippen MR) is 83.0 cm³/mol. The van der Waals surface area contributed by atoms with Crippen LogP contribution in [0.2, 0.25) is 0 Å². The number of ether oxygens (including phenoxy) is 1. The molecule has 1 unspecified atom stereocenters. The standard InChI is InChI=1S/C17H16BrFO2/c1-21-15-10-14(19)13(18)9-12(15)16(20)17(7-8-17)11-5-3-2-4-6-11/h2-6,9-10,16,20H,7-8H2,1H3. The quantitative estimate of drug-likeness (QED) is 0.887. The first-order chi connectivity index (χ1) is 10.1. The average molecular weight is 351 g/mol. The van der Waals surface area contributed by atoms with E-state index in [2.05, 4.69) is 15.9 Å². The molecule has 0 spiro atoms. The van der Waals surface area contributed by atoms with Gasteiger partial charge in [-0.25, -0.2) is 4.39 Å². The van der Waals surface area contributed by atoms with Crippen molar-refractivity contribution in [3.63, 3.8) is 0 Å². The van der Waals surface area contributed by atoms with Crippen LogP contribution in [0.4, 0.5) is 4.39 Å². The molecule has 4 heteroatoms. The molecule has 110 valence electrons. The number of hydrogen-bond acceptors (Lipinski definition) is 2. The second-order valence-corrected chi connectivity index (χ2v) is 6.29. The monoisotopic (exact) mass is 350 g/mol. The summed E-state index contributed by atoms with van der Waals surface area (Å²) < 4.78 is 19.2.